The number of hydrogen-bond donors (Lipinski definition) is 2. The van der Waals surface area contributed by atoms with Crippen LogP contribution in [0.4, 0.5) is 5.69 Å². The molecule has 0 aromatic heterocycles. The molecule has 0 saturated carbocycles. The van der Waals surface area contributed by atoms with Crippen LogP contribution in [-0.2, 0) is 0 Å². The van der Waals surface area contributed by atoms with Crippen molar-refractivity contribution in [1.29, 1.82) is 0 Å². The number of β-amino-alcohol motifs (C(OH)–C–C–N with tert-alkyl or cyclic N) is 1. The van der Waals surface area contributed by atoms with Gasteiger partial charge >= 0.3 is 0 Å². The van der Waals surface area contributed by atoms with Gasteiger partial charge in [0.15, 0.2) is 0 Å². The molecular formula is C13H20N2O. The zero-order valence-corrected chi connectivity index (χ0v) is 10.0. The van der Waals surface area contributed by atoms with Crippen molar-refractivity contribution in [2.45, 2.75) is 20.0 Å². The summed E-state index contributed by atoms with van der Waals surface area (Å²) in [5, 5.41) is 13.0. The lowest BCUT2D eigenvalue weighted by Crippen LogP contribution is -2.33. The average Bonchev–Trinajstić information content (AvgIpc) is 2.43. The van der Waals surface area contributed by atoms with Crippen molar-refractivity contribution in [2.24, 2.45) is 0 Å². The van der Waals surface area contributed by atoms with E-state index in [1.165, 1.54) is 16.8 Å². The Balaban J connectivity index is 2.28. The number of nitrogens with one attached hydrogen (secondary N) is 1. The maximum absolute atomic E-state index is 9.80. The Kier molecular flexibility index (Phi) is 3.46. The molecule has 1 fully saturated rings. The normalized spacial score (nSPS) is 21.9. The SMILES string of the molecule is Cc1cccc(C)c1N1CCNCC(O)C1. The molecule has 0 spiro atoms. The smallest absolute Gasteiger partial charge is 0.0839 e. The van der Waals surface area contributed by atoms with Crippen LogP contribution in [0.5, 0.6) is 0 Å². The Morgan fingerprint density at radius 1 is 1.31 bits per heavy atom. The minimum absolute atomic E-state index is 0.276. The number of benzene rings is 1. The van der Waals surface area contributed by atoms with Crippen molar-refractivity contribution in [3.05, 3.63) is 29.3 Å². The Bertz CT molecular complexity index is 345. The molecule has 0 amide bonds. The van der Waals surface area contributed by atoms with Gasteiger partial charge in [-0.2, -0.15) is 0 Å². The molecule has 1 unspecified atom stereocenters. The Labute approximate surface area is 97.1 Å². The third-order valence-corrected chi connectivity index (χ3v) is 3.13. The summed E-state index contributed by atoms with van der Waals surface area (Å²) in [6.07, 6.45) is -0.276. The van der Waals surface area contributed by atoms with Gasteiger partial charge in [-0.3, -0.25) is 0 Å². The van der Waals surface area contributed by atoms with Crippen molar-refractivity contribution in [3.63, 3.8) is 0 Å². The van der Waals surface area contributed by atoms with E-state index in [0.29, 0.717) is 6.54 Å². The molecule has 1 aromatic rings. The van der Waals surface area contributed by atoms with E-state index in [0.717, 1.165) is 19.6 Å². The van der Waals surface area contributed by atoms with Gasteiger partial charge in [-0.25, -0.2) is 0 Å². The topological polar surface area (TPSA) is 35.5 Å². The largest absolute Gasteiger partial charge is 0.390 e. The number of nitrogens with zero attached hydrogens (tertiary/aromatic N) is 1. The second-order valence-corrected chi connectivity index (χ2v) is 4.54. The van der Waals surface area contributed by atoms with Gasteiger partial charge in [-0.05, 0) is 25.0 Å². The minimum Gasteiger partial charge on any atom is -0.390 e. The summed E-state index contributed by atoms with van der Waals surface area (Å²) in [5.41, 5.74) is 3.86. The van der Waals surface area contributed by atoms with Crippen molar-refractivity contribution < 1.29 is 5.11 Å². The van der Waals surface area contributed by atoms with Crippen molar-refractivity contribution in [1.82, 2.24) is 5.32 Å². The number of para-hydroxylation sites is 1. The lowest BCUT2D eigenvalue weighted by atomic mass is 10.1. The molecule has 1 atom stereocenters. The Morgan fingerprint density at radius 3 is 2.69 bits per heavy atom. The van der Waals surface area contributed by atoms with E-state index in [1.807, 2.05) is 0 Å². The number of hydrogen-bond acceptors (Lipinski definition) is 3. The number of aliphatic hydroxyl groups is 1. The third-order valence-electron chi connectivity index (χ3n) is 3.13. The van der Waals surface area contributed by atoms with Gasteiger partial charge in [0.1, 0.15) is 0 Å². The molecule has 1 saturated heterocycles. The summed E-state index contributed by atoms with van der Waals surface area (Å²) in [5.74, 6) is 0. The molecule has 1 heterocycles. The molecule has 2 N–H and O–H groups in total. The molecule has 1 aromatic carbocycles. The van der Waals surface area contributed by atoms with Gasteiger partial charge in [-0.1, -0.05) is 18.2 Å². The van der Waals surface area contributed by atoms with Crippen LogP contribution in [0.15, 0.2) is 18.2 Å². The molecule has 0 radical (unpaired) electrons. The molecule has 3 heteroatoms. The molecule has 1 aliphatic rings. The fraction of sp³-hybridized carbons (Fsp3) is 0.538. The fourth-order valence-electron chi connectivity index (χ4n) is 2.40. The molecular weight excluding hydrogens is 200 g/mol. The lowest BCUT2D eigenvalue weighted by molar-refractivity contribution is 0.185. The van der Waals surface area contributed by atoms with E-state index in [-0.39, 0.29) is 6.10 Å². The van der Waals surface area contributed by atoms with Gasteiger partial charge in [-0.15, -0.1) is 0 Å². The number of aliphatic hydroxyl groups excluding tert-OH is 1. The van der Waals surface area contributed by atoms with Gasteiger partial charge in [0.2, 0.25) is 0 Å². The Morgan fingerprint density at radius 2 is 2.00 bits per heavy atom. The lowest BCUT2D eigenvalue weighted by Gasteiger charge is -2.27. The zero-order chi connectivity index (χ0) is 11.5. The molecule has 3 nitrogen and oxygen atoms in total. The summed E-state index contributed by atoms with van der Waals surface area (Å²) < 4.78 is 0. The van der Waals surface area contributed by atoms with Crippen LogP contribution in [0.2, 0.25) is 0 Å². The van der Waals surface area contributed by atoms with E-state index in [2.05, 4.69) is 42.3 Å². The molecule has 0 aliphatic carbocycles. The highest BCUT2D eigenvalue weighted by Crippen LogP contribution is 2.24. The third kappa shape index (κ3) is 2.36. The van der Waals surface area contributed by atoms with Crippen LogP contribution in [0, 0.1) is 13.8 Å². The van der Waals surface area contributed by atoms with Crippen LogP contribution in [0.1, 0.15) is 11.1 Å². The zero-order valence-electron chi connectivity index (χ0n) is 10.0. The van der Waals surface area contributed by atoms with Gasteiger partial charge in [0.25, 0.3) is 0 Å². The second-order valence-electron chi connectivity index (χ2n) is 4.54. The van der Waals surface area contributed by atoms with Crippen LogP contribution < -0.4 is 10.2 Å². The molecule has 1 aliphatic heterocycles. The number of rotatable bonds is 1. The molecule has 0 bridgehead atoms. The van der Waals surface area contributed by atoms with Crippen molar-refractivity contribution in [2.75, 3.05) is 31.1 Å². The first-order valence-corrected chi connectivity index (χ1v) is 5.88. The van der Waals surface area contributed by atoms with E-state index in [9.17, 15) is 5.11 Å². The standard InChI is InChI=1S/C13H20N2O/c1-10-4-3-5-11(2)13(10)15-7-6-14-8-12(16)9-15/h3-5,12,14,16H,6-9H2,1-2H3. The van der Waals surface area contributed by atoms with Gasteiger partial charge in [0.05, 0.1) is 6.10 Å². The van der Waals surface area contributed by atoms with Crippen molar-refractivity contribution in [3.8, 4) is 0 Å². The van der Waals surface area contributed by atoms with E-state index in [4.69, 9.17) is 0 Å². The van der Waals surface area contributed by atoms with Crippen LogP contribution >= 0.6 is 0 Å². The summed E-state index contributed by atoms with van der Waals surface area (Å²) in [4.78, 5) is 2.29. The van der Waals surface area contributed by atoms with Crippen LogP contribution in [0.3, 0.4) is 0 Å². The average molecular weight is 220 g/mol. The summed E-state index contributed by atoms with van der Waals surface area (Å²) in [6.45, 7) is 7.58. The van der Waals surface area contributed by atoms with Crippen molar-refractivity contribution >= 4 is 5.69 Å². The van der Waals surface area contributed by atoms with Gasteiger partial charge < -0.3 is 15.3 Å². The summed E-state index contributed by atoms with van der Waals surface area (Å²) in [7, 11) is 0. The Hall–Kier alpha value is -1.06. The van der Waals surface area contributed by atoms with E-state index >= 15 is 0 Å². The van der Waals surface area contributed by atoms with E-state index in [1.54, 1.807) is 0 Å². The highest BCUT2D eigenvalue weighted by molar-refractivity contribution is 5.59. The summed E-state index contributed by atoms with van der Waals surface area (Å²) >= 11 is 0. The predicted octanol–water partition coefficient (Wildman–Crippen LogP) is 1.07. The molecule has 16 heavy (non-hydrogen) atoms. The van der Waals surface area contributed by atoms with Gasteiger partial charge in [0, 0.05) is 31.9 Å². The second kappa shape index (κ2) is 4.85. The fourth-order valence-corrected chi connectivity index (χ4v) is 2.40. The maximum Gasteiger partial charge on any atom is 0.0839 e. The predicted molar refractivity (Wildman–Crippen MR) is 67.0 cm³/mol. The summed E-state index contributed by atoms with van der Waals surface area (Å²) in [6, 6.07) is 6.35. The first kappa shape index (κ1) is 11.4. The molecule has 2 rings (SSSR count). The highest BCUT2D eigenvalue weighted by atomic mass is 16.3. The number of anilines is 1. The van der Waals surface area contributed by atoms with E-state index < -0.39 is 0 Å². The van der Waals surface area contributed by atoms with Crippen LogP contribution in [-0.4, -0.2) is 37.4 Å². The monoisotopic (exact) mass is 220 g/mol. The maximum atomic E-state index is 9.80. The quantitative estimate of drug-likeness (QED) is 0.743. The number of aryl methyl sites for hydroxylation is 2. The van der Waals surface area contributed by atoms with Crippen LogP contribution in [0.25, 0.3) is 0 Å². The minimum atomic E-state index is -0.276. The first-order valence-electron chi connectivity index (χ1n) is 5.88. The highest BCUT2D eigenvalue weighted by Gasteiger charge is 2.18. The molecule has 88 valence electrons. The first-order chi connectivity index (χ1) is 7.68.